The minimum Gasteiger partial charge on any atom is -0.334 e. The fourth-order valence-electron chi connectivity index (χ4n) is 2.51. The number of imidazole rings is 1. The van der Waals surface area contributed by atoms with Gasteiger partial charge in [0.2, 0.25) is 5.91 Å². The van der Waals surface area contributed by atoms with Crippen LogP contribution >= 0.6 is 0 Å². The summed E-state index contributed by atoms with van der Waals surface area (Å²) in [5.74, 6) is 1.45. The third kappa shape index (κ3) is 2.83. The number of hydrogen-bond donors (Lipinski definition) is 2. The van der Waals surface area contributed by atoms with E-state index in [2.05, 4.69) is 15.6 Å². The third-order valence-electron chi connectivity index (χ3n) is 4.14. The van der Waals surface area contributed by atoms with Crippen LogP contribution in [0.1, 0.15) is 6.92 Å². The number of hydrogen-bond acceptors (Lipinski definition) is 3. The Balaban J connectivity index is 1.74. The van der Waals surface area contributed by atoms with Crippen molar-refractivity contribution in [3.63, 3.8) is 0 Å². The summed E-state index contributed by atoms with van der Waals surface area (Å²) in [6, 6.07) is 7.81. The molecule has 1 saturated heterocycles. The zero-order valence-electron chi connectivity index (χ0n) is 12.3. The van der Waals surface area contributed by atoms with Crippen LogP contribution in [0.5, 0.6) is 0 Å². The van der Waals surface area contributed by atoms with E-state index < -0.39 is 0 Å². The summed E-state index contributed by atoms with van der Waals surface area (Å²) in [6.07, 6.45) is 3.68. The molecule has 5 heteroatoms. The fourth-order valence-corrected chi connectivity index (χ4v) is 2.51. The molecule has 2 heterocycles. The molecule has 1 aliphatic heterocycles. The van der Waals surface area contributed by atoms with Crippen molar-refractivity contribution >= 4 is 11.6 Å². The van der Waals surface area contributed by atoms with E-state index in [1.54, 1.807) is 6.20 Å². The summed E-state index contributed by atoms with van der Waals surface area (Å²) < 4.78 is 1.96. The maximum absolute atomic E-state index is 12.3. The van der Waals surface area contributed by atoms with E-state index in [1.807, 2.05) is 49.0 Å². The lowest BCUT2D eigenvalue weighted by molar-refractivity contribution is -0.121. The van der Waals surface area contributed by atoms with E-state index in [0.29, 0.717) is 5.92 Å². The molecule has 0 aliphatic carbocycles. The molecule has 1 aromatic heterocycles. The summed E-state index contributed by atoms with van der Waals surface area (Å²) in [5.41, 5.74) is 1.82. The largest absolute Gasteiger partial charge is 0.334 e. The quantitative estimate of drug-likeness (QED) is 0.901. The number of aryl methyl sites for hydroxylation is 1. The molecule has 1 amide bonds. The van der Waals surface area contributed by atoms with Crippen molar-refractivity contribution in [1.82, 2.24) is 14.9 Å². The zero-order valence-corrected chi connectivity index (χ0v) is 12.3. The standard InChI is InChI=1S/C16H20N4O/c1-11(13-9-17-10-13)16(21)19-14-5-3-4-12(8-14)15-18-6-7-20(15)2/h3-8,11,13,17H,9-10H2,1-2H3,(H,19,21). The highest BCUT2D eigenvalue weighted by molar-refractivity contribution is 5.93. The Kier molecular flexibility index (Phi) is 3.75. The first kappa shape index (κ1) is 13.8. The molecule has 1 atom stereocenters. The van der Waals surface area contributed by atoms with E-state index in [-0.39, 0.29) is 11.8 Å². The van der Waals surface area contributed by atoms with Crippen molar-refractivity contribution in [2.24, 2.45) is 18.9 Å². The molecule has 1 aromatic carbocycles. The van der Waals surface area contributed by atoms with Crippen LogP contribution in [0.3, 0.4) is 0 Å². The van der Waals surface area contributed by atoms with E-state index in [4.69, 9.17) is 0 Å². The Hall–Kier alpha value is -2.14. The van der Waals surface area contributed by atoms with Crippen LogP contribution in [0.15, 0.2) is 36.7 Å². The van der Waals surface area contributed by atoms with Gasteiger partial charge in [0, 0.05) is 36.6 Å². The average molecular weight is 284 g/mol. The molecule has 0 bridgehead atoms. The van der Waals surface area contributed by atoms with E-state index >= 15 is 0 Å². The van der Waals surface area contributed by atoms with Crippen molar-refractivity contribution < 1.29 is 4.79 Å². The smallest absolute Gasteiger partial charge is 0.227 e. The number of nitrogens with one attached hydrogen (secondary N) is 2. The number of amides is 1. The molecule has 110 valence electrons. The molecule has 0 radical (unpaired) electrons. The molecule has 0 saturated carbocycles. The molecule has 1 unspecified atom stereocenters. The van der Waals surface area contributed by atoms with Gasteiger partial charge in [0.05, 0.1) is 0 Å². The lowest BCUT2D eigenvalue weighted by Crippen LogP contribution is -2.48. The van der Waals surface area contributed by atoms with Gasteiger partial charge in [-0.1, -0.05) is 19.1 Å². The second-order valence-electron chi connectivity index (χ2n) is 5.64. The van der Waals surface area contributed by atoms with Crippen molar-refractivity contribution in [3.8, 4) is 11.4 Å². The summed E-state index contributed by atoms with van der Waals surface area (Å²) >= 11 is 0. The molecule has 3 rings (SSSR count). The number of rotatable bonds is 4. The molecular formula is C16H20N4O. The van der Waals surface area contributed by atoms with Crippen LogP contribution in [0.2, 0.25) is 0 Å². The highest BCUT2D eigenvalue weighted by atomic mass is 16.1. The second kappa shape index (κ2) is 5.69. The first-order chi connectivity index (χ1) is 10.1. The Morgan fingerprint density at radius 1 is 1.48 bits per heavy atom. The van der Waals surface area contributed by atoms with E-state index in [1.165, 1.54) is 0 Å². The van der Waals surface area contributed by atoms with Gasteiger partial charge in [-0.25, -0.2) is 4.98 Å². The molecule has 21 heavy (non-hydrogen) atoms. The molecule has 1 fully saturated rings. The van der Waals surface area contributed by atoms with Gasteiger partial charge in [0.25, 0.3) is 0 Å². The van der Waals surface area contributed by atoms with Crippen molar-refractivity contribution in [3.05, 3.63) is 36.7 Å². The van der Waals surface area contributed by atoms with Gasteiger partial charge in [-0.3, -0.25) is 4.79 Å². The first-order valence-corrected chi connectivity index (χ1v) is 7.24. The zero-order chi connectivity index (χ0) is 14.8. The molecule has 5 nitrogen and oxygen atoms in total. The van der Waals surface area contributed by atoms with Crippen LogP contribution in [-0.2, 0) is 11.8 Å². The van der Waals surface area contributed by atoms with Gasteiger partial charge in [-0.2, -0.15) is 0 Å². The first-order valence-electron chi connectivity index (χ1n) is 7.24. The van der Waals surface area contributed by atoms with Gasteiger partial charge < -0.3 is 15.2 Å². The topological polar surface area (TPSA) is 59.0 Å². The second-order valence-corrected chi connectivity index (χ2v) is 5.64. The minimum absolute atomic E-state index is 0.0306. The van der Waals surface area contributed by atoms with Gasteiger partial charge in [-0.15, -0.1) is 0 Å². The maximum atomic E-state index is 12.3. The Labute approximate surface area is 124 Å². The third-order valence-corrected chi connectivity index (χ3v) is 4.14. The van der Waals surface area contributed by atoms with Gasteiger partial charge in [-0.05, 0) is 31.1 Å². The van der Waals surface area contributed by atoms with Crippen molar-refractivity contribution in [2.75, 3.05) is 18.4 Å². The average Bonchev–Trinajstić information content (AvgIpc) is 2.83. The summed E-state index contributed by atoms with van der Waals surface area (Å²) in [4.78, 5) is 16.6. The molecule has 2 N–H and O–H groups in total. The monoisotopic (exact) mass is 284 g/mol. The number of carbonyl (C=O) groups is 1. The van der Waals surface area contributed by atoms with Crippen LogP contribution in [0.4, 0.5) is 5.69 Å². The normalized spacial score (nSPS) is 16.3. The maximum Gasteiger partial charge on any atom is 0.227 e. The number of nitrogens with zero attached hydrogens (tertiary/aromatic N) is 2. The summed E-state index contributed by atoms with van der Waals surface area (Å²) in [6.45, 7) is 3.85. The number of benzene rings is 1. The molecule has 1 aliphatic rings. The number of anilines is 1. The van der Waals surface area contributed by atoms with Crippen LogP contribution in [0.25, 0.3) is 11.4 Å². The fraction of sp³-hybridized carbons (Fsp3) is 0.375. The van der Waals surface area contributed by atoms with Gasteiger partial charge in [0.1, 0.15) is 5.82 Å². The van der Waals surface area contributed by atoms with Crippen LogP contribution in [-0.4, -0.2) is 28.5 Å². The lowest BCUT2D eigenvalue weighted by atomic mass is 9.88. The Morgan fingerprint density at radius 2 is 2.29 bits per heavy atom. The van der Waals surface area contributed by atoms with Crippen molar-refractivity contribution in [2.45, 2.75) is 6.92 Å². The minimum atomic E-state index is 0.0306. The molecular weight excluding hydrogens is 264 g/mol. The highest BCUT2D eigenvalue weighted by Gasteiger charge is 2.28. The SMILES string of the molecule is CC(C(=O)Nc1cccc(-c2nccn2C)c1)C1CNC1. The number of aromatic nitrogens is 2. The molecule has 2 aromatic rings. The van der Waals surface area contributed by atoms with Crippen molar-refractivity contribution in [1.29, 1.82) is 0 Å². The summed E-state index contributed by atoms with van der Waals surface area (Å²) in [7, 11) is 1.96. The van der Waals surface area contributed by atoms with E-state index in [0.717, 1.165) is 30.2 Å². The number of carbonyl (C=O) groups excluding carboxylic acids is 1. The Bertz CT molecular complexity index is 645. The Morgan fingerprint density at radius 3 is 2.90 bits per heavy atom. The van der Waals surface area contributed by atoms with E-state index in [9.17, 15) is 4.79 Å². The molecule has 0 spiro atoms. The van der Waals surface area contributed by atoms with Crippen LogP contribution in [0, 0.1) is 11.8 Å². The van der Waals surface area contributed by atoms with Crippen LogP contribution < -0.4 is 10.6 Å². The summed E-state index contributed by atoms with van der Waals surface area (Å²) in [5, 5.41) is 6.21. The van der Waals surface area contributed by atoms with Gasteiger partial charge in [0.15, 0.2) is 0 Å². The predicted octanol–water partition coefficient (Wildman–Crippen LogP) is 1.88. The highest BCUT2D eigenvalue weighted by Crippen LogP contribution is 2.22. The lowest BCUT2D eigenvalue weighted by Gasteiger charge is -2.31. The van der Waals surface area contributed by atoms with Gasteiger partial charge >= 0.3 is 0 Å². The predicted molar refractivity (Wildman–Crippen MR) is 82.8 cm³/mol.